The van der Waals surface area contributed by atoms with Gasteiger partial charge in [0, 0.05) is 18.3 Å². The van der Waals surface area contributed by atoms with E-state index < -0.39 is 17.7 Å². The molecular weight excluding hydrogens is 230 g/mol. The number of halogens is 2. The maximum atomic E-state index is 13.0. The van der Waals surface area contributed by atoms with Crippen LogP contribution >= 0.6 is 0 Å². The van der Waals surface area contributed by atoms with Crippen LogP contribution in [0, 0.1) is 11.6 Å². The van der Waals surface area contributed by atoms with Gasteiger partial charge in [-0.1, -0.05) is 0 Å². The molecule has 1 aromatic rings. The molecule has 1 aliphatic heterocycles. The highest BCUT2D eigenvalue weighted by Crippen LogP contribution is 2.24. The highest BCUT2D eigenvalue weighted by atomic mass is 19.2. The molecule has 0 saturated carbocycles. The van der Waals surface area contributed by atoms with E-state index in [1.165, 1.54) is 17.0 Å². The minimum Gasteiger partial charge on any atom is -0.310 e. The molecule has 1 unspecified atom stereocenters. The van der Waals surface area contributed by atoms with Crippen LogP contribution in [0.1, 0.15) is 6.42 Å². The normalized spacial score (nSPS) is 19.3. The predicted molar refractivity (Wildman–Crippen MR) is 55.2 cm³/mol. The summed E-state index contributed by atoms with van der Waals surface area (Å²) < 4.78 is 25.7. The first-order valence-electron chi connectivity index (χ1n) is 4.94. The van der Waals surface area contributed by atoms with E-state index in [9.17, 15) is 18.4 Å². The Morgan fingerprint density at radius 1 is 1.35 bits per heavy atom. The van der Waals surface area contributed by atoms with Gasteiger partial charge >= 0.3 is 0 Å². The van der Waals surface area contributed by atoms with Crippen LogP contribution in [0.3, 0.4) is 0 Å². The summed E-state index contributed by atoms with van der Waals surface area (Å²) in [4.78, 5) is 26.4. The second kappa shape index (κ2) is 4.43. The molecule has 17 heavy (non-hydrogen) atoms. The third-order valence-corrected chi connectivity index (χ3v) is 2.55. The number of carbonyl (C=O) groups excluding carboxylic acids is 2. The van der Waals surface area contributed by atoms with Crippen LogP contribution in [-0.4, -0.2) is 24.6 Å². The average Bonchev–Trinajstić information content (AvgIpc) is 2.64. The van der Waals surface area contributed by atoms with Crippen LogP contribution < -0.4 is 4.90 Å². The van der Waals surface area contributed by atoms with Crippen molar-refractivity contribution < 1.29 is 18.4 Å². The monoisotopic (exact) mass is 238 g/mol. The van der Waals surface area contributed by atoms with Gasteiger partial charge in [-0.25, -0.2) is 18.6 Å². The predicted octanol–water partition coefficient (Wildman–Crippen LogP) is 1.41. The Morgan fingerprint density at radius 2 is 2.12 bits per heavy atom. The van der Waals surface area contributed by atoms with E-state index in [0.29, 0.717) is 0 Å². The fourth-order valence-electron chi connectivity index (χ4n) is 1.75. The number of carbonyl (C=O) groups is 1. The first-order chi connectivity index (χ1) is 8.11. The van der Waals surface area contributed by atoms with Crippen molar-refractivity contribution in [2.45, 2.75) is 12.5 Å². The molecule has 1 aromatic carbocycles. The van der Waals surface area contributed by atoms with Gasteiger partial charge in [-0.2, -0.15) is 0 Å². The zero-order valence-electron chi connectivity index (χ0n) is 8.69. The lowest BCUT2D eigenvalue weighted by atomic mass is 10.3. The fourth-order valence-corrected chi connectivity index (χ4v) is 1.75. The second-order valence-corrected chi connectivity index (χ2v) is 3.68. The fraction of sp³-hybridized carbons (Fsp3) is 0.273. The molecule has 88 valence electrons. The van der Waals surface area contributed by atoms with Crippen molar-refractivity contribution in [2.24, 2.45) is 4.99 Å². The standard InChI is InChI=1S/C11H8F2N2O2/c12-9-2-1-8(4-10(9)13)15-5-7(14-6-16)3-11(15)17/h1-2,4,7H,3,5H2. The average molecular weight is 238 g/mol. The van der Waals surface area contributed by atoms with E-state index in [4.69, 9.17) is 0 Å². The van der Waals surface area contributed by atoms with Crippen molar-refractivity contribution in [3.63, 3.8) is 0 Å². The van der Waals surface area contributed by atoms with Gasteiger partial charge in [0.15, 0.2) is 11.6 Å². The highest BCUT2D eigenvalue weighted by molar-refractivity contribution is 5.96. The van der Waals surface area contributed by atoms with Crippen molar-refractivity contribution in [1.82, 2.24) is 0 Å². The summed E-state index contributed by atoms with van der Waals surface area (Å²) in [7, 11) is 0. The summed E-state index contributed by atoms with van der Waals surface area (Å²) in [6, 6.07) is 2.74. The largest absolute Gasteiger partial charge is 0.310 e. The number of nitrogens with zero attached hydrogens (tertiary/aromatic N) is 2. The number of amides is 1. The molecule has 0 radical (unpaired) electrons. The van der Waals surface area contributed by atoms with E-state index in [2.05, 4.69) is 4.99 Å². The van der Waals surface area contributed by atoms with Crippen LogP contribution in [0.15, 0.2) is 23.2 Å². The van der Waals surface area contributed by atoms with Crippen LogP contribution in [0.2, 0.25) is 0 Å². The van der Waals surface area contributed by atoms with E-state index in [1.807, 2.05) is 0 Å². The van der Waals surface area contributed by atoms with Crippen molar-refractivity contribution in [1.29, 1.82) is 0 Å². The summed E-state index contributed by atoms with van der Waals surface area (Å²) in [6.45, 7) is 0.180. The lowest BCUT2D eigenvalue weighted by molar-refractivity contribution is -0.117. The SMILES string of the molecule is O=C=NC1CC(=O)N(c2ccc(F)c(F)c2)C1. The molecule has 1 aliphatic rings. The van der Waals surface area contributed by atoms with Gasteiger partial charge in [-0.3, -0.25) is 4.79 Å². The Bertz CT molecular complexity index is 512. The van der Waals surface area contributed by atoms with Crippen molar-refractivity contribution >= 4 is 17.7 Å². The third kappa shape index (κ3) is 2.21. The number of benzene rings is 1. The molecule has 2 rings (SSSR count). The Morgan fingerprint density at radius 3 is 2.76 bits per heavy atom. The van der Waals surface area contributed by atoms with Gasteiger partial charge in [0.2, 0.25) is 12.0 Å². The lowest BCUT2D eigenvalue weighted by Crippen LogP contribution is -2.25. The second-order valence-electron chi connectivity index (χ2n) is 3.68. The van der Waals surface area contributed by atoms with Crippen LogP contribution in [0.4, 0.5) is 14.5 Å². The van der Waals surface area contributed by atoms with Crippen LogP contribution in [0.5, 0.6) is 0 Å². The molecule has 6 heteroatoms. The van der Waals surface area contributed by atoms with E-state index in [0.717, 1.165) is 12.1 Å². The molecule has 1 heterocycles. The van der Waals surface area contributed by atoms with Gasteiger partial charge in [-0.15, -0.1) is 0 Å². The van der Waals surface area contributed by atoms with E-state index >= 15 is 0 Å². The summed E-state index contributed by atoms with van der Waals surface area (Å²) in [5.41, 5.74) is 0.262. The first kappa shape index (κ1) is 11.4. The molecular formula is C11H8F2N2O2. The van der Waals surface area contributed by atoms with Crippen molar-refractivity contribution in [3.05, 3.63) is 29.8 Å². The summed E-state index contributed by atoms with van der Waals surface area (Å²) in [6.07, 6.45) is 1.46. The Hall–Kier alpha value is -2.07. The maximum absolute atomic E-state index is 13.0. The summed E-state index contributed by atoms with van der Waals surface area (Å²) in [5, 5.41) is 0. The molecule has 0 bridgehead atoms. The van der Waals surface area contributed by atoms with Gasteiger partial charge in [0.25, 0.3) is 0 Å². The molecule has 1 amide bonds. The zero-order chi connectivity index (χ0) is 12.4. The lowest BCUT2D eigenvalue weighted by Gasteiger charge is -2.15. The number of rotatable bonds is 2. The quantitative estimate of drug-likeness (QED) is 0.577. The number of hydrogen-bond donors (Lipinski definition) is 0. The summed E-state index contributed by atoms with van der Waals surface area (Å²) >= 11 is 0. The van der Waals surface area contributed by atoms with E-state index in [-0.39, 0.29) is 24.6 Å². The van der Waals surface area contributed by atoms with Gasteiger partial charge in [0.1, 0.15) is 0 Å². The molecule has 4 nitrogen and oxygen atoms in total. The minimum atomic E-state index is -1.02. The maximum Gasteiger partial charge on any atom is 0.235 e. The highest BCUT2D eigenvalue weighted by Gasteiger charge is 2.30. The Labute approximate surface area is 95.6 Å². The zero-order valence-corrected chi connectivity index (χ0v) is 8.69. The van der Waals surface area contributed by atoms with Gasteiger partial charge in [0.05, 0.1) is 12.5 Å². The smallest absolute Gasteiger partial charge is 0.235 e. The van der Waals surface area contributed by atoms with E-state index in [1.54, 1.807) is 0 Å². The third-order valence-electron chi connectivity index (χ3n) is 2.55. The Balaban J connectivity index is 2.25. The molecule has 0 aromatic heterocycles. The topological polar surface area (TPSA) is 49.7 Å². The molecule has 1 atom stereocenters. The van der Waals surface area contributed by atoms with Crippen molar-refractivity contribution in [2.75, 3.05) is 11.4 Å². The molecule has 0 aliphatic carbocycles. The minimum absolute atomic E-state index is 0.0776. The number of isocyanates is 1. The first-order valence-corrected chi connectivity index (χ1v) is 4.94. The molecule has 1 saturated heterocycles. The molecule has 0 spiro atoms. The van der Waals surface area contributed by atoms with Crippen LogP contribution in [-0.2, 0) is 9.59 Å². The number of anilines is 1. The van der Waals surface area contributed by atoms with Crippen LogP contribution in [0.25, 0.3) is 0 Å². The van der Waals surface area contributed by atoms with Gasteiger partial charge in [-0.05, 0) is 12.1 Å². The Kier molecular flexibility index (Phi) is 2.97. The summed E-state index contributed by atoms with van der Waals surface area (Å²) in [5.74, 6) is -2.26. The number of aliphatic imine (C=N–C) groups is 1. The van der Waals surface area contributed by atoms with Gasteiger partial charge < -0.3 is 4.90 Å². The molecule has 1 fully saturated rings. The molecule has 0 N–H and O–H groups in total. The number of hydrogen-bond acceptors (Lipinski definition) is 3. The van der Waals surface area contributed by atoms with Crippen molar-refractivity contribution in [3.8, 4) is 0 Å².